The van der Waals surface area contributed by atoms with Gasteiger partial charge in [-0.15, -0.1) is 0 Å². The number of amides is 3. The number of phenolic OH excluding ortho intramolecular Hbond substituents is 1. The Labute approximate surface area is 157 Å². The van der Waals surface area contributed by atoms with Crippen LogP contribution in [-0.4, -0.2) is 29.6 Å². The largest absolute Gasteiger partial charge is 0.508 e. The van der Waals surface area contributed by atoms with Crippen molar-refractivity contribution in [3.8, 4) is 5.75 Å². The number of fused-ring (bicyclic) bond motifs is 1. The SMILES string of the molecule is O=C(COC(=O)Cc1coc2cc(O)ccc12)NC(=O)Nc1ccccc1F. The molecule has 0 saturated carbocycles. The van der Waals surface area contributed by atoms with E-state index in [9.17, 15) is 23.9 Å². The first kappa shape index (κ1) is 18.9. The van der Waals surface area contributed by atoms with Gasteiger partial charge in [0.1, 0.15) is 17.1 Å². The quantitative estimate of drug-likeness (QED) is 0.581. The molecule has 0 aliphatic heterocycles. The maximum Gasteiger partial charge on any atom is 0.326 e. The number of phenols is 1. The highest BCUT2D eigenvalue weighted by molar-refractivity contribution is 6.02. The van der Waals surface area contributed by atoms with Crippen LogP contribution in [0.2, 0.25) is 0 Å². The Kier molecular flexibility index (Phi) is 5.54. The molecular weight excluding hydrogens is 371 g/mol. The van der Waals surface area contributed by atoms with Crippen molar-refractivity contribution in [2.24, 2.45) is 0 Å². The number of imide groups is 1. The summed E-state index contributed by atoms with van der Waals surface area (Å²) in [5.74, 6) is -2.21. The van der Waals surface area contributed by atoms with Crippen molar-refractivity contribution in [3.63, 3.8) is 0 Å². The zero-order valence-electron chi connectivity index (χ0n) is 14.4. The molecule has 0 unspecified atom stereocenters. The molecule has 0 spiro atoms. The van der Waals surface area contributed by atoms with Gasteiger partial charge in [0, 0.05) is 17.0 Å². The average molecular weight is 386 g/mol. The number of carbonyl (C=O) groups excluding carboxylic acids is 3. The van der Waals surface area contributed by atoms with Crippen LogP contribution in [0.4, 0.5) is 14.9 Å². The Morgan fingerprint density at radius 2 is 1.93 bits per heavy atom. The summed E-state index contributed by atoms with van der Waals surface area (Å²) in [7, 11) is 0. The zero-order chi connectivity index (χ0) is 20.1. The molecule has 0 bridgehead atoms. The fraction of sp³-hybridized carbons (Fsp3) is 0.105. The van der Waals surface area contributed by atoms with E-state index in [1.807, 2.05) is 5.32 Å². The summed E-state index contributed by atoms with van der Waals surface area (Å²) in [5.41, 5.74) is 0.839. The Hall–Kier alpha value is -3.88. The van der Waals surface area contributed by atoms with Gasteiger partial charge < -0.3 is 19.6 Å². The van der Waals surface area contributed by atoms with Crippen LogP contribution in [0.1, 0.15) is 5.56 Å². The second-order valence-electron chi connectivity index (χ2n) is 5.76. The van der Waals surface area contributed by atoms with Gasteiger partial charge in [-0.3, -0.25) is 14.9 Å². The van der Waals surface area contributed by atoms with Crippen LogP contribution in [0.5, 0.6) is 5.75 Å². The standard InChI is InChI=1S/C19H15FN2O6/c20-14-3-1-2-4-15(14)21-19(26)22-17(24)10-28-18(25)7-11-9-27-16-8-12(23)5-6-13(11)16/h1-6,8-9,23H,7,10H2,(H2,21,22,24,26). The molecule has 0 aliphatic rings. The first-order chi connectivity index (χ1) is 13.4. The first-order valence-corrected chi connectivity index (χ1v) is 8.12. The summed E-state index contributed by atoms with van der Waals surface area (Å²) in [5, 5.41) is 14.1. The minimum absolute atomic E-state index is 0.0290. The smallest absolute Gasteiger partial charge is 0.326 e. The highest BCUT2D eigenvalue weighted by atomic mass is 19.1. The van der Waals surface area contributed by atoms with Gasteiger partial charge in [0.25, 0.3) is 5.91 Å². The Balaban J connectivity index is 1.48. The lowest BCUT2D eigenvalue weighted by Crippen LogP contribution is -2.37. The van der Waals surface area contributed by atoms with Crippen LogP contribution in [-0.2, 0) is 20.7 Å². The number of hydrogen-bond acceptors (Lipinski definition) is 6. The second kappa shape index (κ2) is 8.21. The van der Waals surface area contributed by atoms with Crippen LogP contribution >= 0.6 is 0 Å². The fourth-order valence-corrected chi connectivity index (χ4v) is 2.44. The molecule has 0 fully saturated rings. The highest BCUT2D eigenvalue weighted by Crippen LogP contribution is 2.25. The summed E-state index contributed by atoms with van der Waals surface area (Å²) in [6.45, 7) is -0.680. The monoisotopic (exact) mass is 386 g/mol. The number of esters is 1. The Morgan fingerprint density at radius 1 is 1.14 bits per heavy atom. The summed E-state index contributed by atoms with van der Waals surface area (Å²) >= 11 is 0. The van der Waals surface area contributed by atoms with Crippen molar-refractivity contribution >= 4 is 34.6 Å². The summed E-state index contributed by atoms with van der Waals surface area (Å²) in [6, 6.07) is 8.95. The molecule has 8 nitrogen and oxygen atoms in total. The number of carbonyl (C=O) groups is 3. The predicted molar refractivity (Wildman–Crippen MR) is 96.1 cm³/mol. The topological polar surface area (TPSA) is 118 Å². The number of furan rings is 1. The summed E-state index contributed by atoms with van der Waals surface area (Å²) in [6.07, 6.45) is 1.19. The molecule has 3 aromatic rings. The molecule has 1 heterocycles. The normalized spacial score (nSPS) is 10.5. The van der Waals surface area contributed by atoms with Crippen LogP contribution in [0.3, 0.4) is 0 Å². The molecule has 3 rings (SSSR count). The van der Waals surface area contributed by atoms with Gasteiger partial charge >= 0.3 is 12.0 Å². The number of aromatic hydroxyl groups is 1. The van der Waals surface area contributed by atoms with E-state index in [1.54, 1.807) is 6.07 Å². The molecule has 3 amide bonds. The lowest BCUT2D eigenvalue weighted by atomic mass is 10.1. The van der Waals surface area contributed by atoms with E-state index in [0.29, 0.717) is 16.5 Å². The average Bonchev–Trinajstić information content (AvgIpc) is 3.03. The molecule has 28 heavy (non-hydrogen) atoms. The number of nitrogens with one attached hydrogen (secondary N) is 2. The van der Waals surface area contributed by atoms with Crippen LogP contribution in [0.25, 0.3) is 11.0 Å². The van der Waals surface area contributed by atoms with E-state index in [-0.39, 0.29) is 17.9 Å². The van der Waals surface area contributed by atoms with E-state index >= 15 is 0 Å². The third-order valence-corrected chi connectivity index (χ3v) is 3.71. The van der Waals surface area contributed by atoms with Gasteiger partial charge in [-0.2, -0.15) is 0 Å². The lowest BCUT2D eigenvalue weighted by Gasteiger charge is -2.08. The summed E-state index contributed by atoms with van der Waals surface area (Å²) < 4.78 is 23.5. The number of anilines is 1. The van der Waals surface area contributed by atoms with Gasteiger partial charge in [0.15, 0.2) is 6.61 Å². The van der Waals surface area contributed by atoms with Gasteiger partial charge in [-0.05, 0) is 24.3 Å². The minimum Gasteiger partial charge on any atom is -0.508 e. The first-order valence-electron chi connectivity index (χ1n) is 8.12. The lowest BCUT2D eigenvalue weighted by molar-refractivity contribution is -0.147. The Bertz CT molecular complexity index is 1050. The van der Waals surface area contributed by atoms with Crippen molar-refractivity contribution in [2.45, 2.75) is 6.42 Å². The molecule has 0 aliphatic carbocycles. The zero-order valence-corrected chi connectivity index (χ0v) is 14.4. The van der Waals surface area contributed by atoms with E-state index < -0.39 is 30.3 Å². The number of ether oxygens (including phenoxy) is 1. The molecule has 0 atom stereocenters. The maximum absolute atomic E-state index is 13.4. The van der Waals surface area contributed by atoms with E-state index in [1.165, 1.54) is 36.6 Å². The van der Waals surface area contributed by atoms with Gasteiger partial charge in [0.2, 0.25) is 0 Å². The van der Waals surface area contributed by atoms with Crippen molar-refractivity contribution in [3.05, 3.63) is 60.1 Å². The van der Waals surface area contributed by atoms with Gasteiger partial charge in [-0.1, -0.05) is 12.1 Å². The maximum atomic E-state index is 13.4. The number of rotatable bonds is 5. The third-order valence-electron chi connectivity index (χ3n) is 3.71. The van der Waals surface area contributed by atoms with Crippen LogP contribution in [0, 0.1) is 5.82 Å². The second-order valence-corrected chi connectivity index (χ2v) is 5.76. The Morgan fingerprint density at radius 3 is 2.71 bits per heavy atom. The number of halogens is 1. The third kappa shape index (κ3) is 4.64. The number of hydrogen-bond donors (Lipinski definition) is 3. The van der Waals surface area contributed by atoms with E-state index in [4.69, 9.17) is 9.15 Å². The highest BCUT2D eigenvalue weighted by Gasteiger charge is 2.15. The van der Waals surface area contributed by atoms with Crippen molar-refractivity contribution in [2.75, 3.05) is 11.9 Å². The van der Waals surface area contributed by atoms with Crippen molar-refractivity contribution < 1.29 is 33.0 Å². The molecule has 3 N–H and O–H groups in total. The molecule has 0 saturated heterocycles. The molecule has 0 radical (unpaired) electrons. The minimum atomic E-state index is -0.952. The number of benzene rings is 2. The van der Waals surface area contributed by atoms with Gasteiger partial charge in [-0.25, -0.2) is 9.18 Å². The molecule has 144 valence electrons. The number of para-hydroxylation sites is 1. The number of urea groups is 1. The molecular formula is C19H15FN2O6. The van der Waals surface area contributed by atoms with E-state index in [2.05, 4.69) is 5.32 Å². The van der Waals surface area contributed by atoms with Crippen LogP contribution in [0.15, 0.2) is 53.1 Å². The molecule has 2 aromatic carbocycles. The summed E-state index contributed by atoms with van der Waals surface area (Å²) in [4.78, 5) is 35.3. The van der Waals surface area contributed by atoms with E-state index in [0.717, 1.165) is 6.07 Å². The molecule has 9 heteroatoms. The van der Waals surface area contributed by atoms with Gasteiger partial charge in [0.05, 0.1) is 18.4 Å². The molecule has 1 aromatic heterocycles. The predicted octanol–water partition coefficient (Wildman–Crippen LogP) is 2.71. The van der Waals surface area contributed by atoms with Crippen molar-refractivity contribution in [1.29, 1.82) is 0 Å². The van der Waals surface area contributed by atoms with Crippen molar-refractivity contribution in [1.82, 2.24) is 5.32 Å². The fourth-order valence-electron chi connectivity index (χ4n) is 2.44. The van der Waals surface area contributed by atoms with Crippen LogP contribution < -0.4 is 10.6 Å².